The average molecular weight is 430 g/mol. The van der Waals surface area contributed by atoms with Gasteiger partial charge < -0.3 is 5.32 Å². The Morgan fingerprint density at radius 3 is 2.68 bits per heavy atom. The highest BCUT2D eigenvalue weighted by Crippen LogP contribution is 2.35. The lowest BCUT2D eigenvalue weighted by Gasteiger charge is -2.09. The third-order valence-corrected chi connectivity index (χ3v) is 5.05. The van der Waals surface area contributed by atoms with Crippen LogP contribution in [0.1, 0.15) is 5.56 Å². The van der Waals surface area contributed by atoms with Crippen LogP contribution in [0.2, 0.25) is 5.02 Å². The predicted molar refractivity (Wildman–Crippen MR) is 121 cm³/mol. The summed E-state index contributed by atoms with van der Waals surface area (Å²) in [6, 6.07) is 21.4. The fourth-order valence-electron chi connectivity index (χ4n) is 3.27. The average Bonchev–Trinajstić information content (AvgIpc) is 3.16. The highest BCUT2D eigenvalue weighted by Gasteiger charge is 2.21. The van der Waals surface area contributed by atoms with Gasteiger partial charge in [0.1, 0.15) is 17.2 Å². The lowest BCUT2D eigenvalue weighted by Crippen LogP contribution is -2.07. The third kappa shape index (κ3) is 4.10. The molecule has 7 nitrogen and oxygen atoms in total. The van der Waals surface area contributed by atoms with E-state index in [-0.39, 0.29) is 12.2 Å². The molecule has 0 spiro atoms. The molecule has 0 atom stereocenters. The van der Waals surface area contributed by atoms with Gasteiger partial charge in [0, 0.05) is 22.9 Å². The fourth-order valence-corrected chi connectivity index (χ4v) is 3.46. The summed E-state index contributed by atoms with van der Waals surface area (Å²) in [5.74, 6) is 0.560. The van der Waals surface area contributed by atoms with Crippen molar-refractivity contribution in [3.8, 4) is 17.3 Å². The highest BCUT2D eigenvalue weighted by atomic mass is 35.5. The van der Waals surface area contributed by atoms with Crippen LogP contribution in [0.4, 0.5) is 11.5 Å². The molecule has 0 saturated heterocycles. The Labute approximate surface area is 183 Å². The summed E-state index contributed by atoms with van der Waals surface area (Å²) in [7, 11) is 0. The Kier molecular flexibility index (Phi) is 5.65. The monoisotopic (exact) mass is 429 g/mol. The minimum atomic E-state index is -0.429. The first-order chi connectivity index (χ1) is 15.1. The van der Waals surface area contributed by atoms with Crippen molar-refractivity contribution in [2.24, 2.45) is 0 Å². The molecular weight excluding hydrogens is 414 g/mol. The van der Waals surface area contributed by atoms with Gasteiger partial charge in [-0.25, -0.2) is 4.98 Å². The molecule has 2 aromatic carbocycles. The molecule has 4 rings (SSSR count). The van der Waals surface area contributed by atoms with Crippen LogP contribution in [0.5, 0.6) is 0 Å². The Balaban J connectivity index is 1.76. The number of benzene rings is 2. The number of para-hydroxylation sites is 1. The van der Waals surface area contributed by atoms with Gasteiger partial charge in [0.15, 0.2) is 0 Å². The summed E-state index contributed by atoms with van der Waals surface area (Å²) < 4.78 is 1.80. The van der Waals surface area contributed by atoms with Crippen molar-refractivity contribution in [2.45, 2.75) is 0 Å². The zero-order valence-electron chi connectivity index (χ0n) is 16.2. The van der Waals surface area contributed by atoms with Crippen molar-refractivity contribution in [3.05, 3.63) is 99.2 Å². The first-order valence-electron chi connectivity index (χ1n) is 9.38. The maximum atomic E-state index is 11.6. The molecule has 4 aromatic rings. The Morgan fingerprint density at radius 2 is 1.90 bits per heavy atom. The van der Waals surface area contributed by atoms with Crippen LogP contribution >= 0.6 is 11.6 Å². The maximum absolute atomic E-state index is 11.6. The van der Waals surface area contributed by atoms with Gasteiger partial charge in [0.25, 0.3) is 5.69 Å². The number of hydrogen-bond acceptors (Lipinski definition) is 5. The van der Waals surface area contributed by atoms with E-state index in [2.05, 4.69) is 16.4 Å². The van der Waals surface area contributed by atoms with Gasteiger partial charge in [0.05, 0.1) is 23.1 Å². The van der Waals surface area contributed by atoms with Crippen LogP contribution in [-0.4, -0.2) is 20.9 Å². The van der Waals surface area contributed by atoms with Crippen LogP contribution in [0.15, 0.2) is 78.5 Å². The number of pyridine rings is 1. The van der Waals surface area contributed by atoms with Crippen molar-refractivity contribution in [2.75, 3.05) is 11.9 Å². The number of halogens is 1. The van der Waals surface area contributed by atoms with E-state index < -0.39 is 4.92 Å². The number of nitro groups is 1. The van der Waals surface area contributed by atoms with Gasteiger partial charge >= 0.3 is 0 Å². The van der Waals surface area contributed by atoms with Crippen molar-refractivity contribution < 1.29 is 4.92 Å². The second kappa shape index (κ2) is 8.69. The summed E-state index contributed by atoms with van der Waals surface area (Å²) in [5.41, 5.74) is 2.61. The highest BCUT2D eigenvalue weighted by molar-refractivity contribution is 6.32. The molecule has 0 aliphatic carbocycles. The first-order valence-corrected chi connectivity index (χ1v) is 9.76. The molecule has 2 aromatic heterocycles. The molecule has 0 fully saturated rings. The maximum Gasteiger partial charge on any atom is 0.278 e. The summed E-state index contributed by atoms with van der Waals surface area (Å²) in [5, 5.41) is 24.9. The Morgan fingerprint density at radius 1 is 1.16 bits per heavy atom. The van der Waals surface area contributed by atoms with Crippen LogP contribution in [0.25, 0.3) is 23.0 Å². The second-order valence-corrected chi connectivity index (χ2v) is 7.08. The third-order valence-electron chi connectivity index (χ3n) is 4.71. The number of imidazole rings is 1. The van der Waals surface area contributed by atoms with Gasteiger partial charge in [0.2, 0.25) is 0 Å². The van der Waals surface area contributed by atoms with Crippen molar-refractivity contribution in [3.63, 3.8) is 0 Å². The Hall–Kier alpha value is -4.15. The molecule has 0 saturated carbocycles. The first kappa shape index (κ1) is 20.1. The van der Waals surface area contributed by atoms with E-state index in [0.717, 1.165) is 5.56 Å². The zero-order valence-corrected chi connectivity index (χ0v) is 17.0. The number of nitriles is 1. The van der Waals surface area contributed by atoms with E-state index in [9.17, 15) is 15.4 Å². The lowest BCUT2D eigenvalue weighted by atomic mass is 10.1. The van der Waals surface area contributed by atoms with E-state index in [0.29, 0.717) is 33.3 Å². The summed E-state index contributed by atoms with van der Waals surface area (Å²) in [6.07, 6.45) is 3.52. The number of fused-ring (bicyclic) bond motifs is 1. The van der Waals surface area contributed by atoms with Crippen molar-refractivity contribution in [1.82, 2.24) is 9.38 Å². The zero-order chi connectivity index (χ0) is 21.8. The standard InChI is InChI=1S/C23H16ClN5O2/c24-19-9-3-1-7-17(19)13-16(14-25)15-26-23-22(27-21-11-5-6-12-28(21)23)18-8-2-4-10-20(18)29(30)31/h1-13,26H,15H2/b16-13+. The van der Waals surface area contributed by atoms with Crippen LogP contribution in [0.3, 0.4) is 0 Å². The largest absolute Gasteiger partial charge is 0.365 e. The molecule has 152 valence electrons. The molecule has 0 radical (unpaired) electrons. The molecule has 0 bridgehead atoms. The van der Waals surface area contributed by atoms with Gasteiger partial charge in [-0.05, 0) is 35.9 Å². The summed E-state index contributed by atoms with van der Waals surface area (Å²) >= 11 is 6.20. The number of aromatic nitrogens is 2. The Bertz CT molecular complexity index is 1350. The summed E-state index contributed by atoms with van der Waals surface area (Å²) in [6.45, 7) is 0.193. The fraction of sp³-hybridized carbons (Fsp3) is 0.0435. The molecule has 2 heterocycles. The quantitative estimate of drug-likeness (QED) is 0.245. The van der Waals surface area contributed by atoms with E-state index >= 15 is 0 Å². The number of anilines is 1. The van der Waals surface area contributed by atoms with Gasteiger partial charge in [-0.1, -0.05) is 48.0 Å². The molecule has 1 N–H and O–H groups in total. The van der Waals surface area contributed by atoms with E-state index in [4.69, 9.17) is 11.6 Å². The minimum Gasteiger partial charge on any atom is -0.365 e. The molecular formula is C23H16ClN5O2. The predicted octanol–water partition coefficient (Wildman–Crippen LogP) is 5.58. The van der Waals surface area contributed by atoms with Gasteiger partial charge in [-0.15, -0.1) is 0 Å². The SMILES string of the molecule is N#C/C(=C\c1ccccc1Cl)CNc1c(-c2ccccc2[N+](=O)[O-])nc2ccccn12. The van der Waals surface area contributed by atoms with Crippen molar-refractivity contribution in [1.29, 1.82) is 5.26 Å². The molecule has 31 heavy (non-hydrogen) atoms. The number of rotatable bonds is 6. The minimum absolute atomic E-state index is 0.0407. The van der Waals surface area contributed by atoms with Gasteiger partial charge in [-0.3, -0.25) is 14.5 Å². The second-order valence-electron chi connectivity index (χ2n) is 6.67. The number of hydrogen-bond donors (Lipinski definition) is 1. The number of nitrogens with one attached hydrogen (secondary N) is 1. The van der Waals surface area contributed by atoms with Crippen LogP contribution < -0.4 is 5.32 Å². The molecule has 0 amide bonds. The van der Waals surface area contributed by atoms with E-state index in [1.165, 1.54) is 6.07 Å². The molecule has 8 heteroatoms. The number of nitrogens with zero attached hydrogens (tertiary/aromatic N) is 4. The smallest absolute Gasteiger partial charge is 0.278 e. The van der Waals surface area contributed by atoms with Gasteiger partial charge in [-0.2, -0.15) is 5.26 Å². The molecule has 0 aliphatic rings. The van der Waals surface area contributed by atoms with Crippen LogP contribution in [0, 0.1) is 21.4 Å². The van der Waals surface area contributed by atoms with Crippen LogP contribution in [-0.2, 0) is 0 Å². The number of nitro benzene ring substituents is 1. The molecule has 0 aliphatic heterocycles. The van der Waals surface area contributed by atoms with Crippen molar-refractivity contribution >= 4 is 34.8 Å². The summed E-state index contributed by atoms with van der Waals surface area (Å²) in [4.78, 5) is 15.7. The molecule has 0 unspecified atom stereocenters. The lowest BCUT2D eigenvalue weighted by molar-refractivity contribution is -0.384. The van der Waals surface area contributed by atoms with E-state index in [1.54, 1.807) is 34.7 Å². The normalized spacial score (nSPS) is 11.3. The van der Waals surface area contributed by atoms with E-state index in [1.807, 2.05) is 42.6 Å². The topological polar surface area (TPSA) is 96.3 Å².